The molecule has 0 radical (unpaired) electrons. The highest BCUT2D eigenvalue weighted by molar-refractivity contribution is 6.05. The molecule has 4 rings (SSSR count). The minimum Gasteiger partial charge on any atom is -0.455 e. The molecule has 0 saturated heterocycles. The first kappa shape index (κ1) is 19.2. The van der Waals surface area contributed by atoms with E-state index in [0.29, 0.717) is 22.3 Å². The van der Waals surface area contributed by atoms with Gasteiger partial charge >= 0.3 is 0 Å². The minimum absolute atomic E-state index is 0.145. The normalized spacial score (nSPS) is 10.3. The summed E-state index contributed by atoms with van der Waals surface area (Å²) in [5.41, 5.74) is 2.63. The van der Waals surface area contributed by atoms with Crippen LogP contribution in [0.15, 0.2) is 88.1 Å². The monoisotopic (exact) mass is 393 g/mol. The van der Waals surface area contributed by atoms with Crippen LogP contribution in [-0.4, -0.2) is 12.5 Å². The minimum atomic E-state index is -0.339. The number of rotatable bonds is 3. The summed E-state index contributed by atoms with van der Waals surface area (Å²) < 4.78 is 6.09. The standard InChI is InChI=1S/C26H19NO3/c1-18-23(28)21-15-8-16-22(25(21)30-24(18)20-13-6-3-7-14-20)26(29)27-17-9-12-19-10-4-2-5-11-19/h2-8,10-11,13-16H,17H2,1H3,(H,27,29). The number of carbonyl (C=O) groups is 1. The summed E-state index contributed by atoms with van der Waals surface area (Å²) in [6, 6.07) is 24.0. The lowest BCUT2D eigenvalue weighted by atomic mass is 10.0. The molecule has 0 atom stereocenters. The van der Waals surface area contributed by atoms with E-state index in [4.69, 9.17) is 4.42 Å². The predicted molar refractivity (Wildman–Crippen MR) is 118 cm³/mol. The van der Waals surface area contributed by atoms with Gasteiger partial charge in [0.15, 0.2) is 11.0 Å². The van der Waals surface area contributed by atoms with Crippen molar-refractivity contribution in [1.29, 1.82) is 0 Å². The first-order chi connectivity index (χ1) is 14.6. The maximum Gasteiger partial charge on any atom is 0.255 e. The van der Waals surface area contributed by atoms with Crippen LogP contribution in [0.3, 0.4) is 0 Å². The Hall–Kier alpha value is -4.10. The SMILES string of the molecule is Cc1c(-c2ccccc2)oc2c(C(=O)NCC#Cc3ccccc3)cccc2c1=O. The molecule has 4 heteroatoms. The molecule has 0 fully saturated rings. The molecule has 30 heavy (non-hydrogen) atoms. The number of para-hydroxylation sites is 1. The van der Waals surface area contributed by atoms with Gasteiger partial charge in [-0.2, -0.15) is 0 Å². The maximum atomic E-state index is 12.9. The summed E-state index contributed by atoms with van der Waals surface area (Å²) in [6.07, 6.45) is 0. The van der Waals surface area contributed by atoms with Crippen LogP contribution in [0.1, 0.15) is 21.5 Å². The fourth-order valence-corrected chi connectivity index (χ4v) is 3.24. The summed E-state index contributed by atoms with van der Waals surface area (Å²) in [5, 5.41) is 3.16. The number of nitrogens with one attached hydrogen (secondary N) is 1. The Morgan fingerprint density at radius 3 is 2.37 bits per heavy atom. The van der Waals surface area contributed by atoms with Crippen LogP contribution in [0.25, 0.3) is 22.3 Å². The Labute approximate surface area is 174 Å². The van der Waals surface area contributed by atoms with Gasteiger partial charge in [-0.1, -0.05) is 66.4 Å². The lowest BCUT2D eigenvalue weighted by Crippen LogP contribution is -2.24. The van der Waals surface area contributed by atoms with E-state index in [1.54, 1.807) is 25.1 Å². The third kappa shape index (κ3) is 3.87. The van der Waals surface area contributed by atoms with Crippen LogP contribution in [0, 0.1) is 18.8 Å². The van der Waals surface area contributed by atoms with Crippen LogP contribution in [0.5, 0.6) is 0 Å². The Bertz CT molecular complexity index is 1330. The molecule has 3 aromatic carbocycles. The molecule has 0 aliphatic heterocycles. The van der Waals surface area contributed by atoms with Gasteiger partial charge in [0, 0.05) is 16.7 Å². The van der Waals surface area contributed by atoms with Crippen molar-refractivity contribution >= 4 is 16.9 Å². The molecule has 146 valence electrons. The van der Waals surface area contributed by atoms with Crippen LogP contribution in [0.2, 0.25) is 0 Å². The maximum absolute atomic E-state index is 12.9. The number of hydrogen-bond donors (Lipinski definition) is 1. The summed E-state index contributed by atoms with van der Waals surface area (Å²) >= 11 is 0. The highest BCUT2D eigenvalue weighted by atomic mass is 16.3. The third-order valence-corrected chi connectivity index (χ3v) is 4.77. The van der Waals surface area contributed by atoms with Crippen molar-refractivity contribution < 1.29 is 9.21 Å². The molecule has 4 aromatic rings. The molecule has 1 aromatic heterocycles. The molecule has 0 spiro atoms. The van der Waals surface area contributed by atoms with E-state index in [2.05, 4.69) is 17.2 Å². The van der Waals surface area contributed by atoms with Crippen molar-refractivity contribution in [3.8, 4) is 23.2 Å². The van der Waals surface area contributed by atoms with Crippen LogP contribution < -0.4 is 10.7 Å². The van der Waals surface area contributed by atoms with Crippen molar-refractivity contribution in [1.82, 2.24) is 5.32 Å². The van der Waals surface area contributed by atoms with Gasteiger partial charge in [-0.3, -0.25) is 9.59 Å². The number of fused-ring (bicyclic) bond motifs is 1. The zero-order valence-corrected chi connectivity index (χ0v) is 16.4. The molecule has 0 saturated carbocycles. The van der Waals surface area contributed by atoms with Gasteiger partial charge in [0.05, 0.1) is 17.5 Å². The number of hydrogen-bond acceptors (Lipinski definition) is 3. The average Bonchev–Trinajstić information content (AvgIpc) is 2.80. The van der Waals surface area contributed by atoms with E-state index in [9.17, 15) is 9.59 Å². The Kier molecular flexibility index (Phi) is 5.45. The van der Waals surface area contributed by atoms with Crippen molar-refractivity contribution in [3.63, 3.8) is 0 Å². The summed E-state index contributed by atoms with van der Waals surface area (Å²) in [7, 11) is 0. The quantitative estimate of drug-likeness (QED) is 0.520. The lowest BCUT2D eigenvalue weighted by molar-refractivity contribution is 0.0959. The van der Waals surface area contributed by atoms with E-state index >= 15 is 0 Å². The second-order valence-corrected chi connectivity index (χ2v) is 6.78. The smallest absolute Gasteiger partial charge is 0.255 e. The molecule has 1 N–H and O–H groups in total. The second-order valence-electron chi connectivity index (χ2n) is 6.78. The van der Waals surface area contributed by atoms with E-state index < -0.39 is 0 Å². The Balaban J connectivity index is 1.67. The molecule has 0 aliphatic carbocycles. The van der Waals surface area contributed by atoms with Gasteiger partial charge in [-0.05, 0) is 31.2 Å². The van der Waals surface area contributed by atoms with Gasteiger partial charge in [0.2, 0.25) is 0 Å². The van der Waals surface area contributed by atoms with E-state index in [0.717, 1.165) is 11.1 Å². The highest BCUT2D eigenvalue weighted by Crippen LogP contribution is 2.27. The molecule has 0 unspecified atom stereocenters. The predicted octanol–water partition coefficient (Wildman–Crippen LogP) is 4.55. The van der Waals surface area contributed by atoms with Crippen LogP contribution >= 0.6 is 0 Å². The van der Waals surface area contributed by atoms with Gasteiger partial charge in [0.25, 0.3) is 5.91 Å². The third-order valence-electron chi connectivity index (χ3n) is 4.77. The average molecular weight is 393 g/mol. The number of amides is 1. The highest BCUT2D eigenvalue weighted by Gasteiger charge is 2.17. The first-order valence-corrected chi connectivity index (χ1v) is 9.59. The van der Waals surface area contributed by atoms with Gasteiger partial charge in [0.1, 0.15) is 5.76 Å². The molecule has 1 amide bonds. The van der Waals surface area contributed by atoms with Crippen LogP contribution in [-0.2, 0) is 0 Å². The lowest BCUT2D eigenvalue weighted by Gasteiger charge is -2.10. The molecule has 4 nitrogen and oxygen atoms in total. The topological polar surface area (TPSA) is 59.3 Å². The van der Waals surface area contributed by atoms with Crippen molar-refractivity contribution in [2.45, 2.75) is 6.92 Å². The Morgan fingerprint density at radius 2 is 1.63 bits per heavy atom. The van der Waals surface area contributed by atoms with Crippen molar-refractivity contribution in [2.24, 2.45) is 0 Å². The van der Waals surface area contributed by atoms with Crippen molar-refractivity contribution in [2.75, 3.05) is 6.54 Å². The number of benzene rings is 3. The van der Waals surface area contributed by atoms with Gasteiger partial charge in [-0.25, -0.2) is 0 Å². The summed E-state index contributed by atoms with van der Waals surface area (Å²) in [6.45, 7) is 1.92. The van der Waals surface area contributed by atoms with E-state index in [1.807, 2.05) is 60.7 Å². The van der Waals surface area contributed by atoms with Crippen molar-refractivity contribution in [3.05, 3.63) is 106 Å². The van der Waals surface area contributed by atoms with Crippen LogP contribution in [0.4, 0.5) is 0 Å². The van der Waals surface area contributed by atoms with Gasteiger partial charge < -0.3 is 9.73 Å². The van der Waals surface area contributed by atoms with Gasteiger partial charge in [-0.15, -0.1) is 0 Å². The molecule has 1 heterocycles. The summed E-state index contributed by atoms with van der Waals surface area (Å²) in [5.74, 6) is 6.06. The zero-order valence-electron chi connectivity index (χ0n) is 16.4. The fraction of sp³-hybridized carbons (Fsp3) is 0.0769. The molecular weight excluding hydrogens is 374 g/mol. The first-order valence-electron chi connectivity index (χ1n) is 9.59. The Morgan fingerprint density at radius 1 is 0.933 bits per heavy atom. The summed E-state index contributed by atoms with van der Waals surface area (Å²) in [4.78, 5) is 25.7. The number of carbonyl (C=O) groups excluding carboxylic acids is 1. The molecule has 0 aliphatic rings. The largest absolute Gasteiger partial charge is 0.455 e. The second kappa shape index (κ2) is 8.50. The fourth-order valence-electron chi connectivity index (χ4n) is 3.24. The zero-order chi connectivity index (χ0) is 20.9. The molecule has 0 bridgehead atoms. The van der Waals surface area contributed by atoms with E-state index in [-0.39, 0.29) is 23.5 Å². The molecular formula is C26H19NO3. The van der Waals surface area contributed by atoms with E-state index in [1.165, 1.54) is 0 Å².